The summed E-state index contributed by atoms with van der Waals surface area (Å²) < 4.78 is 69.6. The number of hydrogen-bond acceptors (Lipinski definition) is 16. The van der Waals surface area contributed by atoms with E-state index in [2.05, 4.69) is 105 Å². The second-order valence-electron chi connectivity index (χ2n) is 28.0. The van der Waals surface area contributed by atoms with E-state index in [1.165, 1.54) is 47.4 Å². The van der Waals surface area contributed by atoms with Gasteiger partial charge < -0.3 is 40.2 Å². The Morgan fingerprint density at radius 2 is 1.33 bits per heavy atom. The van der Waals surface area contributed by atoms with Crippen LogP contribution in [0.25, 0.3) is 44.3 Å². The Labute approximate surface area is 642 Å². The summed E-state index contributed by atoms with van der Waals surface area (Å²) in [4.78, 5) is 91.5. The highest BCUT2D eigenvalue weighted by Gasteiger charge is 2.37. The number of aliphatic hydroxyl groups is 1. The fraction of sp³-hybridized carbons (Fsp3) is 0.357. The molecule has 1 aliphatic carbocycles. The van der Waals surface area contributed by atoms with Crippen LogP contribution in [0.2, 0.25) is 0 Å². The second kappa shape index (κ2) is 36.6. The van der Waals surface area contributed by atoms with Crippen LogP contribution in [0.1, 0.15) is 131 Å². The zero-order valence-corrected chi connectivity index (χ0v) is 65.0. The number of aromatic nitrogens is 4. The Kier molecular flexibility index (Phi) is 26.7. The number of amides is 5. The second-order valence-corrected chi connectivity index (χ2v) is 31.8. The first-order valence-corrected chi connectivity index (χ1v) is 40.7. The summed E-state index contributed by atoms with van der Waals surface area (Å²) in [6.07, 6.45) is 3.21. The van der Waals surface area contributed by atoms with E-state index in [0.717, 1.165) is 74.9 Å². The van der Waals surface area contributed by atoms with Gasteiger partial charge in [0, 0.05) is 147 Å². The predicted octanol–water partition coefficient (Wildman–Crippen LogP) is 10.1. The van der Waals surface area contributed by atoms with Crippen molar-refractivity contribution >= 4 is 82.7 Å². The molecule has 2 aliphatic heterocycles. The number of sulfone groups is 1. The lowest BCUT2D eigenvalue weighted by Crippen LogP contribution is -2.50. The summed E-state index contributed by atoms with van der Waals surface area (Å²) in [5.74, 6) is -1.24. The van der Waals surface area contributed by atoms with Gasteiger partial charge in [0.05, 0.1) is 46.3 Å². The number of carbonyl (C=O) groups excluding carboxylic acids is 6. The highest BCUT2D eigenvalue weighted by Crippen LogP contribution is 2.43. The first-order chi connectivity index (χ1) is 53.0. The maximum Gasteiger partial charge on any atom is 0.254 e. The molecule has 1 unspecified atom stereocenters. The van der Waals surface area contributed by atoms with E-state index < -0.39 is 66.2 Å². The van der Waals surface area contributed by atoms with Gasteiger partial charge in [-0.1, -0.05) is 129 Å². The van der Waals surface area contributed by atoms with Gasteiger partial charge in [0.15, 0.2) is 5.78 Å². The van der Waals surface area contributed by atoms with Crippen LogP contribution >= 0.6 is 0 Å². The number of ketones is 1. The number of aliphatic hydroxyl groups excluding tert-OH is 1. The molecule has 3 aliphatic rings. The molecule has 8 aromatic rings. The minimum Gasteiger partial charge on any atom is -0.456 e. The zero-order chi connectivity index (χ0) is 78.2. The molecular formula is C84H97N12O12S2+. The summed E-state index contributed by atoms with van der Waals surface area (Å²) in [5, 5.41) is 31.3. The van der Waals surface area contributed by atoms with Crippen molar-refractivity contribution in [3.05, 3.63) is 216 Å². The Morgan fingerprint density at radius 3 is 2.05 bits per heavy atom. The summed E-state index contributed by atoms with van der Waals surface area (Å²) in [7, 11) is -9.05. The third kappa shape index (κ3) is 18.9. The molecule has 11 rings (SSSR count). The molecule has 0 saturated carbocycles. The first kappa shape index (κ1) is 80.2. The molecule has 2 aromatic heterocycles. The molecule has 4 heterocycles. The van der Waals surface area contributed by atoms with Crippen molar-refractivity contribution in [2.24, 2.45) is 5.92 Å². The number of carbonyl (C=O) groups is 6. The lowest BCUT2D eigenvalue weighted by molar-refractivity contribution is -0.134. The number of nitrogens with zero attached hydrogens (tertiary/aromatic N) is 9. The van der Waals surface area contributed by atoms with Crippen molar-refractivity contribution in [2.75, 3.05) is 76.9 Å². The van der Waals surface area contributed by atoms with Crippen molar-refractivity contribution in [3.63, 3.8) is 0 Å². The molecular weight excluding hydrogens is 1430 g/mol. The van der Waals surface area contributed by atoms with E-state index in [-0.39, 0.29) is 84.3 Å². The van der Waals surface area contributed by atoms with Crippen LogP contribution in [0.4, 0.5) is 5.69 Å². The number of piperazine rings is 1. The van der Waals surface area contributed by atoms with Gasteiger partial charge in [0.25, 0.3) is 5.91 Å². The number of hydrogen-bond donors (Lipinski definition) is 4. The highest BCUT2D eigenvalue weighted by molar-refractivity contribution is 7.93. The predicted molar refractivity (Wildman–Crippen MR) is 423 cm³/mol. The number of para-hydroxylation sites is 1. The van der Waals surface area contributed by atoms with E-state index in [9.17, 15) is 50.7 Å². The Morgan fingerprint density at radius 1 is 0.645 bits per heavy atom. The van der Waals surface area contributed by atoms with Gasteiger partial charge in [-0.25, -0.2) is 26.1 Å². The lowest BCUT2D eigenvalue weighted by atomic mass is 9.90. The highest BCUT2D eigenvalue weighted by atomic mass is 32.2. The molecule has 6 aromatic carbocycles. The molecule has 0 bridgehead atoms. The minimum absolute atomic E-state index is 0.000127. The number of anilines is 1. The Bertz CT molecular complexity index is 5220. The van der Waals surface area contributed by atoms with Crippen LogP contribution in [0.5, 0.6) is 0 Å². The standard InChI is InChI=1S/C84H96N12O12S2/c1-8-91(9-2)64-38-40-68-72(51-64)108-73-52-65(92(10-3)11-4)39-41-69(73)80(68)66-28-17-18-29-67(66)84(103)94-48-46-93(47-49-94)79(100)43-42-77(98)85-44-21-13-16-33-78(99)88-70(50-59-34-36-62(37-35-59)82(101)61-24-14-12-15-25-61)83(102)87-53-63-55-96(90-89-63)58(7)71(97)56-95(54-57(5)6)110(106,107)75-31-20-19-30-74(75)109(104,105)76-32-22-26-60-27-23-45-86-81(60)76/h12,14-15,17-20,22-32,34-41,45,51-52,55,57-58,70-71,97H,8-11,13,16,21,33,42-44,46-50,53-54,56H2,1-7H3,(H2-,85,87,88,98,99,102)/p+1/t58-,70-,71?/m0/s1. The molecule has 5 amide bonds. The Hall–Kier alpha value is -10.8. The normalized spacial score (nSPS) is 13.5. The number of benzene rings is 7. The smallest absolute Gasteiger partial charge is 0.254 e. The van der Waals surface area contributed by atoms with E-state index in [4.69, 9.17) is 4.42 Å². The summed E-state index contributed by atoms with van der Waals surface area (Å²) >= 11 is 0. The molecule has 26 heteroatoms. The van der Waals surface area contributed by atoms with Gasteiger partial charge in [-0.15, -0.1) is 5.10 Å². The van der Waals surface area contributed by atoms with E-state index in [0.29, 0.717) is 79.6 Å². The van der Waals surface area contributed by atoms with Crippen LogP contribution in [-0.4, -0.2) is 175 Å². The first-order valence-electron chi connectivity index (χ1n) is 37.8. The molecule has 3 atom stereocenters. The van der Waals surface area contributed by atoms with Crippen LogP contribution in [0.3, 0.4) is 0 Å². The molecule has 4 N–H and O–H groups in total. The fourth-order valence-corrected chi connectivity index (χ4v) is 17.9. The average Bonchev–Trinajstić information content (AvgIpc) is 0.814. The molecule has 576 valence electrons. The van der Waals surface area contributed by atoms with Crippen LogP contribution in [0, 0.1) is 5.92 Å². The summed E-state index contributed by atoms with van der Waals surface area (Å²) in [5.41, 5.74) is 6.99. The van der Waals surface area contributed by atoms with Crippen LogP contribution in [0.15, 0.2) is 201 Å². The zero-order valence-electron chi connectivity index (χ0n) is 63.3. The molecule has 1 saturated heterocycles. The topological polar surface area (TPSA) is 300 Å². The molecule has 0 spiro atoms. The number of fused-ring (bicyclic) bond motifs is 3. The fourth-order valence-electron chi connectivity index (χ4n) is 14.0. The SMILES string of the molecule is CCN(CC)c1ccc2c(-c3ccccc3C(=O)N3CCN(C(=O)CCC(=O)NCCCCCC(=O)N[C@@H](Cc4ccc(C(=O)c5ccccc5)cc4)C(=O)NCc4cn([C@@H](C)C(O)CN(CC(C)C)S(=O)(=O)c5ccccc5S(=O)(=O)c5cccc6cccnc56)nn4)CC3)c3ccc(=[N+](CC)CC)cc-3oc2c1. The maximum atomic E-state index is 14.7. The van der Waals surface area contributed by atoms with Gasteiger partial charge in [0.1, 0.15) is 41.1 Å². The lowest BCUT2D eigenvalue weighted by Gasteiger charge is -2.35. The number of sulfonamides is 1. The third-order valence-electron chi connectivity index (χ3n) is 20.2. The van der Waals surface area contributed by atoms with Gasteiger partial charge in [-0.3, -0.25) is 33.8 Å². The van der Waals surface area contributed by atoms with Crippen LogP contribution < -0.4 is 30.8 Å². The minimum atomic E-state index is -4.59. The van der Waals surface area contributed by atoms with E-state index >= 15 is 0 Å². The van der Waals surface area contributed by atoms with Gasteiger partial charge in [-0.05, 0) is 113 Å². The van der Waals surface area contributed by atoms with Crippen molar-refractivity contribution in [3.8, 4) is 22.5 Å². The van der Waals surface area contributed by atoms with Crippen molar-refractivity contribution < 1.29 is 55.1 Å². The molecule has 24 nitrogen and oxygen atoms in total. The summed E-state index contributed by atoms with van der Waals surface area (Å²) in [6.45, 7) is 18.0. The average molecular weight is 1530 g/mol. The van der Waals surface area contributed by atoms with Crippen LogP contribution in [-0.2, 0) is 52.0 Å². The number of unbranched alkanes of at least 4 members (excludes halogenated alkanes) is 2. The molecule has 110 heavy (non-hydrogen) atoms. The van der Waals surface area contributed by atoms with Gasteiger partial charge in [0.2, 0.25) is 48.8 Å². The summed E-state index contributed by atoms with van der Waals surface area (Å²) in [6, 6.07) is 47.3. The van der Waals surface area contributed by atoms with Gasteiger partial charge in [-0.2, -0.15) is 4.31 Å². The van der Waals surface area contributed by atoms with E-state index in [1.54, 1.807) is 103 Å². The molecule has 0 radical (unpaired) electrons. The molecule has 1 fully saturated rings. The van der Waals surface area contributed by atoms with Crippen molar-refractivity contribution in [1.29, 1.82) is 0 Å². The number of rotatable bonds is 34. The quantitative estimate of drug-likeness (QED) is 0.0126. The van der Waals surface area contributed by atoms with Crippen molar-refractivity contribution in [1.82, 2.24) is 54.6 Å². The number of pyridine rings is 1. The van der Waals surface area contributed by atoms with E-state index in [1.807, 2.05) is 30.3 Å². The largest absolute Gasteiger partial charge is 0.456 e. The monoisotopic (exact) mass is 1530 g/mol. The Balaban J connectivity index is 0.660. The third-order valence-corrected chi connectivity index (χ3v) is 24.0. The van der Waals surface area contributed by atoms with Gasteiger partial charge >= 0.3 is 0 Å². The number of nitrogens with one attached hydrogen (secondary N) is 3. The van der Waals surface area contributed by atoms with Crippen molar-refractivity contribution in [2.45, 2.75) is 133 Å². The maximum absolute atomic E-state index is 14.7.